The van der Waals surface area contributed by atoms with Crippen LogP contribution in [-0.4, -0.2) is 30.5 Å². The molecule has 0 aliphatic heterocycles. The zero-order valence-corrected chi connectivity index (χ0v) is 12.2. The largest absolute Gasteiger partial charge is 1.00 e. The van der Waals surface area contributed by atoms with E-state index in [1.54, 1.807) is 18.2 Å². The summed E-state index contributed by atoms with van der Waals surface area (Å²) in [5.74, 6) is -1.82. The molecule has 0 aliphatic rings. The second-order valence-corrected chi connectivity index (χ2v) is 3.29. The molecule has 7 nitrogen and oxygen atoms in total. The number of likely N-dealkylation sites (N-methyl/N-ethyl adjacent to an activating group) is 1. The SMILES string of the molecule is CN(CC(=O)[O-])N=Nc1cccc(C(N)=O)c1.[Na+]. The van der Waals surface area contributed by atoms with E-state index in [1.165, 1.54) is 13.1 Å². The van der Waals surface area contributed by atoms with Gasteiger partial charge in [-0.05, 0) is 18.2 Å². The summed E-state index contributed by atoms with van der Waals surface area (Å²) in [4.78, 5) is 21.1. The Bertz CT molecular complexity index is 464. The van der Waals surface area contributed by atoms with Crippen molar-refractivity contribution in [1.82, 2.24) is 5.01 Å². The fourth-order valence-electron chi connectivity index (χ4n) is 1.07. The molecule has 0 radical (unpaired) electrons. The molecule has 18 heavy (non-hydrogen) atoms. The minimum absolute atomic E-state index is 0. The Morgan fingerprint density at radius 2 is 2.11 bits per heavy atom. The number of amides is 1. The molecule has 0 spiro atoms. The van der Waals surface area contributed by atoms with Crippen molar-refractivity contribution >= 4 is 17.6 Å². The van der Waals surface area contributed by atoms with Crippen molar-refractivity contribution in [2.24, 2.45) is 16.1 Å². The molecule has 1 rings (SSSR count). The first-order chi connectivity index (χ1) is 7.99. The Morgan fingerprint density at radius 3 is 2.67 bits per heavy atom. The first-order valence-electron chi connectivity index (χ1n) is 4.71. The van der Waals surface area contributed by atoms with Crippen LogP contribution in [0.25, 0.3) is 0 Å². The molecule has 0 saturated heterocycles. The molecule has 0 unspecified atom stereocenters. The van der Waals surface area contributed by atoms with Crippen molar-refractivity contribution in [1.29, 1.82) is 0 Å². The number of carbonyl (C=O) groups excluding carboxylic acids is 2. The molecule has 1 aromatic rings. The minimum atomic E-state index is -1.25. The zero-order chi connectivity index (χ0) is 12.8. The van der Waals surface area contributed by atoms with Gasteiger partial charge < -0.3 is 15.6 Å². The summed E-state index contributed by atoms with van der Waals surface area (Å²) >= 11 is 0. The molecule has 0 aliphatic carbocycles. The summed E-state index contributed by atoms with van der Waals surface area (Å²) < 4.78 is 0. The summed E-state index contributed by atoms with van der Waals surface area (Å²) in [7, 11) is 1.44. The van der Waals surface area contributed by atoms with Crippen LogP contribution in [0.5, 0.6) is 0 Å². The Hall–Kier alpha value is -1.44. The van der Waals surface area contributed by atoms with Crippen molar-refractivity contribution in [3.05, 3.63) is 29.8 Å². The Labute approximate surface area is 126 Å². The van der Waals surface area contributed by atoms with Gasteiger partial charge in [0.1, 0.15) is 0 Å². The molecular formula is C10H11N4NaO3. The van der Waals surface area contributed by atoms with E-state index in [0.717, 1.165) is 5.01 Å². The number of rotatable bonds is 5. The quantitative estimate of drug-likeness (QED) is 0.335. The van der Waals surface area contributed by atoms with Crippen LogP contribution in [0.15, 0.2) is 34.6 Å². The number of carboxylic acids is 1. The van der Waals surface area contributed by atoms with Gasteiger partial charge in [-0.3, -0.25) is 9.80 Å². The van der Waals surface area contributed by atoms with Gasteiger partial charge in [-0.25, -0.2) is 0 Å². The number of hydrogen-bond donors (Lipinski definition) is 1. The fourth-order valence-corrected chi connectivity index (χ4v) is 1.07. The van der Waals surface area contributed by atoms with E-state index >= 15 is 0 Å². The van der Waals surface area contributed by atoms with Gasteiger partial charge in [0, 0.05) is 12.6 Å². The van der Waals surface area contributed by atoms with Crippen LogP contribution in [-0.2, 0) is 4.79 Å². The maximum absolute atomic E-state index is 10.9. The van der Waals surface area contributed by atoms with Crippen LogP contribution in [0.3, 0.4) is 0 Å². The predicted molar refractivity (Wildman–Crippen MR) is 57.1 cm³/mol. The Balaban J connectivity index is 0.00000289. The van der Waals surface area contributed by atoms with Gasteiger partial charge in [-0.2, -0.15) is 0 Å². The molecule has 1 aromatic carbocycles. The van der Waals surface area contributed by atoms with Crippen LogP contribution >= 0.6 is 0 Å². The van der Waals surface area contributed by atoms with Crippen molar-refractivity contribution in [3.8, 4) is 0 Å². The van der Waals surface area contributed by atoms with E-state index in [0.29, 0.717) is 11.3 Å². The number of nitrogens with two attached hydrogens (primary N) is 1. The third-order valence-electron chi connectivity index (χ3n) is 1.80. The average molecular weight is 258 g/mol. The van der Waals surface area contributed by atoms with Gasteiger partial charge in [-0.15, -0.1) is 5.11 Å². The van der Waals surface area contributed by atoms with Gasteiger partial charge in [0.2, 0.25) is 5.91 Å². The molecule has 90 valence electrons. The van der Waals surface area contributed by atoms with E-state index < -0.39 is 11.9 Å². The summed E-state index contributed by atoms with van der Waals surface area (Å²) in [5, 5.41) is 18.7. The van der Waals surface area contributed by atoms with Gasteiger partial charge in [0.05, 0.1) is 18.2 Å². The number of aliphatic carboxylic acids is 1. The summed E-state index contributed by atoms with van der Waals surface area (Å²) in [6, 6.07) is 6.22. The maximum Gasteiger partial charge on any atom is 1.00 e. The van der Waals surface area contributed by atoms with Gasteiger partial charge >= 0.3 is 29.6 Å². The third kappa shape index (κ3) is 5.76. The number of carboxylic acid groups (broad SMARTS) is 1. The number of benzene rings is 1. The zero-order valence-electron chi connectivity index (χ0n) is 10.2. The number of carbonyl (C=O) groups is 2. The molecule has 0 aromatic heterocycles. The van der Waals surface area contributed by atoms with Crippen LogP contribution in [0.2, 0.25) is 0 Å². The van der Waals surface area contributed by atoms with Gasteiger partial charge in [0.15, 0.2) is 0 Å². The Morgan fingerprint density at radius 1 is 1.44 bits per heavy atom. The second kappa shape index (κ2) is 7.80. The summed E-state index contributed by atoms with van der Waals surface area (Å²) in [6.45, 7) is -0.362. The topological polar surface area (TPSA) is 111 Å². The van der Waals surface area contributed by atoms with Crippen molar-refractivity contribution in [2.45, 2.75) is 0 Å². The number of nitrogens with zero attached hydrogens (tertiary/aromatic N) is 3. The van der Waals surface area contributed by atoms with Crippen LogP contribution in [0.1, 0.15) is 10.4 Å². The van der Waals surface area contributed by atoms with Gasteiger partial charge in [-0.1, -0.05) is 11.3 Å². The van der Waals surface area contributed by atoms with Crippen LogP contribution in [0.4, 0.5) is 5.69 Å². The van der Waals surface area contributed by atoms with E-state index in [2.05, 4.69) is 10.3 Å². The van der Waals surface area contributed by atoms with Crippen LogP contribution in [0, 0.1) is 0 Å². The number of primary amides is 1. The van der Waals surface area contributed by atoms with E-state index in [-0.39, 0.29) is 36.1 Å². The Kier molecular flexibility index (Phi) is 7.18. The van der Waals surface area contributed by atoms with Gasteiger partial charge in [0.25, 0.3) is 0 Å². The first-order valence-corrected chi connectivity index (χ1v) is 4.71. The first kappa shape index (κ1) is 16.6. The molecule has 0 saturated carbocycles. The monoisotopic (exact) mass is 258 g/mol. The summed E-state index contributed by atoms with van der Waals surface area (Å²) in [6.07, 6.45) is 0. The maximum atomic E-state index is 10.9. The van der Waals surface area contributed by atoms with E-state index in [9.17, 15) is 14.7 Å². The predicted octanol–water partition coefficient (Wildman–Crippen LogP) is -3.53. The third-order valence-corrected chi connectivity index (χ3v) is 1.80. The minimum Gasteiger partial charge on any atom is -0.548 e. The normalized spacial score (nSPS) is 9.83. The average Bonchev–Trinajstić information content (AvgIpc) is 2.26. The molecule has 0 bridgehead atoms. The fraction of sp³-hybridized carbons (Fsp3) is 0.200. The van der Waals surface area contributed by atoms with Crippen LogP contribution < -0.4 is 40.4 Å². The molecule has 0 heterocycles. The summed E-state index contributed by atoms with van der Waals surface area (Å²) in [5.41, 5.74) is 5.81. The van der Waals surface area contributed by atoms with E-state index in [1.807, 2.05) is 0 Å². The molecule has 2 N–H and O–H groups in total. The second-order valence-electron chi connectivity index (χ2n) is 3.29. The molecule has 0 atom stereocenters. The van der Waals surface area contributed by atoms with Crippen molar-refractivity contribution < 1.29 is 44.3 Å². The molecular weight excluding hydrogens is 247 g/mol. The smallest absolute Gasteiger partial charge is 0.548 e. The molecule has 8 heteroatoms. The van der Waals surface area contributed by atoms with Crippen molar-refractivity contribution in [3.63, 3.8) is 0 Å². The van der Waals surface area contributed by atoms with Crippen molar-refractivity contribution in [2.75, 3.05) is 13.6 Å². The standard InChI is InChI=1S/C10H12N4O3.Na/c1-14(6-9(15)16)13-12-8-4-2-3-7(5-8)10(11)17;/h2-5H,6H2,1H3,(H2,11,17)(H,15,16);/q;+1/p-1. The number of hydrogen-bond acceptors (Lipinski definition) is 5. The molecule has 1 amide bonds. The van der Waals surface area contributed by atoms with E-state index in [4.69, 9.17) is 5.73 Å². The molecule has 0 fully saturated rings.